The van der Waals surface area contributed by atoms with Crippen LogP contribution in [0.25, 0.3) is 22.8 Å². The topological polar surface area (TPSA) is 126 Å². The van der Waals surface area contributed by atoms with E-state index in [2.05, 4.69) is 25.4 Å². The van der Waals surface area contributed by atoms with Crippen molar-refractivity contribution in [1.29, 1.82) is 0 Å². The minimum absolute atomic E-state index is 0.0593. The third kappa shape index (κ3) is 4.21. The van der Waals surface area contributed by atoms with Gasteiger partial charge in [0.1, 0.15) is 12.3 Å². The Balaban J connectivity index is 1.37. The number of hydrogen-bond acceptors (Lipinski definition) is 9. The van der Waals surface area contributed by atoms with Gasteiger partial charge in [-0.05, 0) is 18.2 Å². The number of aliphatic hydroxyl groups is 1. The van der Waals surface area contributed by atoms with Crippen LogP contribution in [0.4, 0.5) is 14.7 Å². The molecule has 12 heteroatoms. The summed E-state index contributed by atoms with van der Waals surface area (Å²) >= 11 is 0. The van der Waals surface area contributed by atoms with Gasteiger partial charge in [-0.1, -0.05) is 11.2 Å². The molecule has 0 saturated carbocycles. The number of halogens is 2. The lowest BCUT2D eigenvalue weighted by Gasteiger charge is -2.29. The van der Waals surface area contributed by atoms with E-state index in [1.54, 1.807) is 31.3 Å². The first-order valence-corrected chi connectivity index (χ1v) is 10.7. The SMILES string of the molecule is CN1CC[C@@](O)(c2cc(-c3cccc(-c4ccnc(NC5COCC(F)(F)C5)n4)n3)no2)C1=O. The molecular weight excluding hydrogens is 450 g/mol. The maximum Gasteiger partial charge on any atom is 0.273 e. The molecule has 1 unspecified atom stereocenters. The summed E-state index contributed by atoms with van der Waals surface area (Å²) in [6.07, 6.45) is 1.35. The van der Waals surface area contributed by atoms with E-state index in [0.29, 0.717) is 29.3 Å². The van der Waals surface area contributed by atoms with Gasteiger partial charge < -0.3 is 24.6 Å². The second-order valence-electron chi connectivity index (χ2n) is 8.50. The van der Waals surface area contributed by atoms with E-state index in [0.717, 1.165) is 0 Å². The molecule has 178 valence electrons. The van der Waals surface area contributed by atoms with Crippen molar-refractivity contribution >= 4 is 11.9 Å². The standard InChI is InChI=1S/C22H22F2N6O4/c1-30-8-6-22(32,19(30)31)18-9-17(29-34-18)15-4-2-3-14(27-15)16-5-7-25-20(28-16)26-13-10-21(23,24)12-33-11-13/h2-5,7,9,13,32H,6,8,10-12H2,1H3,(H,25,26,28)/t13?,22-/m1/s1. The molecule has 0 radical (unpaired) electrons. The molecule has 2 fully saturated rings. The molecule has 5 heterocycles. The van der Waals surface area contributed by atoms with Gasteiger partial charge in [-0.15, -0.1) is 0 Å². The Kier molecular flexibility index (Phi) is 5.48. The second-order valence-corrected chi connectivity index (χ2v) is 8.50. The van der Waals surface area contributed by atoms with Crippen LogP contribution in [-0.2, 0) is 15.1 Å². The first-order valence-electron chi connectivity index (χ1n) is 10.7. The van der Waals surface area contributed by atoms with Crippen LogP contribution in [0.2, 0.25) is 0 Å². The summed E-state index contributed by atoms with van der Waals surface area (Å²) in [6.45, 7) is -0.0430. The molecular formula is C22H22F2N6O4. The van der Waals surface area contributed by atoms with Crippen molar-refractivity contribution in [2.75, 3.05) is 32.1 Å². The first kappa shape index (κ1) is 22.3. The summed E-state index contributed by atoms with van der Waals surface area (Å²) in [6, 6.07) is 7.72. The van der Waals surface area contributed by atoms with Gasteiger partial charge in [-0.3, -0.25) is 4.79 Å². The molecule has 2 N–H and O–H groups in total. The quantitative estimate of drug-likeness (QED) is 0.574. The average molecular weight is 472 g/mol. The number of nitrogens with one attached hydrogen (secondary N) is 1. The summed E-state index contributed by atoms with van der Waals surface area (Å²) in [5.41, 5.74) is 0.0145. The van der Waals surface area contributed by atoms with Gasteiger partial charge in [0, 0.05) is 38.7 Å². The number of likely N-dealkylation sites (tertiary alicyclic amines) is 1. The lowest BCUT2D eigenvalue weighted by molar-refractivity contribution is -0.144. The van der Waals surface area contributed by atoms with Gasteiger partial charge in [0.25, 0.3) is 11.8 Å². The van der Waals surface area contributed by atoms with Gasteiger partial charge in [-0.2, -0.15) is 0 Å². The zero-order chi connectivity index (χ0) is 23.9. The molecule has 3 aromatic heterocycles. The van der Waals surface area contributed by atoms with Crippen LogP contribution in [0.1, 0.15) is 18.6 Å². The van der Waals surface area contributed by atoms with Gasteiger partial charge in [-0.25, -0.2) is 23.7 Å². The number of likely N-dealkylation sites (N-methyl/N-ethyl adjacent to an activating group) is 1. The molecule has 0 bridgehead atoms. The van der Waals surface area contributed by atoms with Gasteiger partial charge in [0.2, 0.25) is 11.5 Å². The number of ether oxygens (including phenoxy) is 1. The van der Waals surface area contributed by atoms with Crippen LogP contribution >= 0.6 is 0 Å². The Morgan fingerprint density at radius 3 is 2.68 bits per heavy atom. The molecule has 0 aliphatic carbocycles. The maximum atomic E-state index is 13.6. The fourth-order valence-corrected chi connectivity index (χ4v) is 4.07. The predicted molar refractivity (Wildman–Crippen MR) is 115 cm³/mol. The highest BCUT2D eigenvalue weighted by atomic mass is 19.3. The van der Waals surface area contributed by atoms with Crippen LogP contribution < -0.4 is 5.32 Å². The highest BCUT2D eigenvalue weighted by Crippen LogP contribution is 2.34. The molecule has 3 aromatic rings. The number of carbonyl (C=O) groups is 1. The van der Waals surface area contributed by atoms with E-state index in [9.17, 15) is 18.7 Å². The monoisotopic (exact) mass is 472 g/mol. The molecule has 2 aliphatic rings. The first-order chi connectivity index (χ1) is 16.2. The number of pyridine rings is 1. The summed E-state index contributed by atoms with van der Waals surface area (Å²) in [5, 5.41) is 17.6. The summed E-state index contributed by atoms with van der Waals surface area (Å²) < 4.78 is 37.5. The lowest BCUT2D eigenvalue weighted by atomic mass is 9.98. The number of aromatic nitrogens is 4. The van der Waals surface area contributed by atoms with Gasteiger partial charge >= 0.3 is 0 Å². The summed E-state index contributed by atoms with van der Waals surface area (Å²) in [4.78, 5) is 26.8. The lowest BCUT2D eigenvalue weighted by Crippen LogP contribution is -2.42. The van der Waals surface area contributed by atoms with Crippen LogP contribution in [0.5, 0.6) is 0 Å². The third-order valence-corrected chi connectivity index (χ3v) is 5.87. The average Bonchev–Trinajstić information content (AvgIpc) is 3.41. The Labute approximate surface area is 193 Å². The number of amides is 1. The minimum Gasteiger partial charge on any atom is -0.373 e. The van der Waals surface area contributed by atoms with Gasteiger partial charge in [0.05, 0.1) is 29.7 Å². The Bertz CT molecular complexity index is 1220. The van der Waals surface area contributed by atoms with Crippen LogP contribution in [0.15, 0.2) is 41.1 Å². The number of anilines is 1. The molecule has 2 atom stereocenters. The summed E-state index contributed by atoms with van der Waals surface area (Å²) in [5.74, 6) is -3.10. The zero-order valence-electron chi connectivity index (χ0n) is 18.2. The minimum atomic E-state index is -2.90. The highest BCUT2D eigenvalue weighted by Gasteiger charge is 2.48. The van der Waals surface area contributed by atoms with E-state index in [1.165, 1.54) is 17.2 Å². The van der Waals surface area contributed by atoms with Crippen LogP contribution in [-0.4, -0.2) is 74.8 Å². The molecule has 34 heavy (non-hydrogen) atoms. The molecule has 1 amide bonds. The molecule has 2 saturated heterocycles. The summed E-state index contributed by atoms with van der Waals surface area (Å²) in [7, 11) is 1.61. The van der Waals surface area contributed by atoms with Crippen molar-refractivity contribution < 1.29 is 27.9 Å². The number of nitrogens with zero attached hydrogens (tertiary/aromatic N) is 5. The van der Waals surface area contributed by atoms with Crippen molar-refractivity contribution in [3.05, 3.63) is 42.3 Å². The number of carbonyl (C=O) groups excluding carboxylic acids is 1. The van der Waals surface area contributed by atoms with E-state index in [4.69, 9.17) is 9.26 Å². The largest absolute Gasteiger partial charge is 0.373 e. The Morgan fingerprint density at radius 2 is 1.94 bits per heavy atom. The van der Waals surface area contributed by atoms with Gasteiger partial charge in [0.15, 0.2) is 5.76 Å². The zero-order valence-corrected chi connectivity index (χ0v) is 18.2. The highest BCUT2D eigenvalue weighted by molar-refractivity contribution is 5.87. The van der Waals surface area contributed by atoms with Crippen molar-refractivity contribution in [3.63, 3.8) is 0 Å². The number of alkyl halides is 2. The number of hydrogen-bond donors (Lipinski definition) is 2. The normalized spacial score (nSPS) is 24.4. The fraction of sp³-hybridized carbons (Fsp3) is 0.409. The molecule has 0 spiro atoms. The molecule has 2 aliphatic heterocycles. The smallest absolute Gasteiger partial charge is 0.273 e. The molecule has 5 rings (SSSR count). The Hall–Kier alpha value is -3.51. The maximum absolute atomic E-state index is 13.6. The molecule has 10 nitrogen and oxygen atoms in total. The van der Waals surface area contributed by atoms with Crippen LogP contribution in [0.3, 0.4) is 0 Å². The van der Waals surface area contributed by atoms with E-state index in [-0.39, 0.29) is 31.2 Å². The van der Waals surface area contributed by atoms with Crippen LogP contribution in [0, 0.1) is 0 Å². The predicted octanol–water partition coefficient (Wildman–Crippen LogP) is 2.08. The second kappa shape index (κ2) is 8.37. The fourth-order valence-electron chi connectivity index (χ4n) is 4.07. The number of rotatable bonds is 5. The van der Waals surface area contributed by atoms with Crippen molar-refractivity contribution in [2.24, 2.45) is 0 Å². The van der Waals surface area contributed by atoms with E-state index >= 15 is 0 Å². The van der Waals surface area contributed by atoms with Crippen molar-refractivity contribution in [3.8, 4) is 22.8 Å². The molecule has 0 aromatic carbocycles. The van der Waals surface area contributed by atoms with Crippen molar-refractivity contribution in [2.45, 2.75) is 30.4 Å². The van der Waals surface area contributed by atoms with E-state index < -0.39 is 30.1 Å². The Morgan fingerprint density at radius 1 is 1.18 bits per heavy atom. The van der Waals surface area contributed by atoms with Crippen molar-refractivity contribution in [1.82, 2.24) is 25.0 Å². The third-order valence-electron chi connectivity index (χ3n) is 5.87. The van der Waals surface area contributed by atoms with E-state index in [1.807, 2.05) is 0 Å².